The fourth-order valence-corrected chi connectivity index (χ4v) is 2.72. The number of imidazole rings is 1. The van der Waals surface area contributed by atoms with Gasteiger partial charge < -0.3 is 14.1 Å². The van der Waals surface area contributed by atoms with Crippen LogP contribution in [0, 0.1) is 6.92 Å². The Balaban J connectivity index is 1.37. The number of carbonyl (C=O) groups is 1. The zero-order valence-corrected chi connectivity index (χ0v) is 14.3. The molecule has 0 fully saturated rings. The summed E-state index contributed by atoms with van der Waals surface area (Å²) in [6.45, 7) is 2.46. The number of nitrogens with one attached hydrogen (secondary N) is 1. The second-order valence-electron chi connectivity index (χ2n) is 6.11. The van der Waals surface area contributed by atoms with Crippen molar-refractivity contribution in [2.24, 2.45) is 0 Å². The van der Waals surface area contributed by atoms with E-state index in [0.717, 1.165) is 22.5 Å². The van der Waals surface area contributed by atoms with Crippen LogP contribution in [-0.4, -0.2) is 26.8 Å². The molecule has 0 aliphatic carbocycles. The van der Waals surface area contributed by atoms with Crippen LogP contribution in [-0.2, 0) is 6.42 Å². The van der Waals surface area contributed by atoms with Crippen LogP contribution in [0.2, 0.25) is 0 Å². The Morgan fingerprint density at radius 1 is 1.19 bits per heavy atom. The number of oxazole rings is 1. The molecule has 130 valence electrons. The molecule has 0 spiro atoms. The first-order valence-corrected chi connectivity index (χ1v) is 8.42. The lowest BCUT2D eigenvalue weighted by molar-refractivity contribution is 0.0949. The van der Waals surface area contributed by atoms with Crippen molar-refractivity contribution in [2.45, 2.75) is 13.3 Å². The standard InChI is InChI=1S/C20H18N4O2/c1-14-8-10-24-12-17(23-18(24)11-14)19(25)21-9-7-16-13-26-20(22-16)15-5-3-2-4-6-15/h2-6,8,10-13H,7,9H2,1H3,(H,21,25). The van der Waals surface area contributed by atoms with E-state index in [1.807, 2.05) is 60.0 Å². The lowest BCUT2D eigenvalue weighted by atomic mass is 10.2. The molecule has 0 aliphatic heterocycles. The molecule has 0 unspecified atom stereocenters. The molecule has 0 saturated heterocycles. The molecule has 4 aromatic rings. The third-order valence-electron chi connectivity index (χ3n) is 4.09. The van der Waals surface area contributed by atoms with Crippen LogP contribution in [0.5, 0.6) is 0 Å². The average Bonchev–Trinajstić information content (AvgIpc) is 3.29. The number of pyridine rings is 1. The SMILES string of the molecule is Cc1ccn2cc(C(=O)NCCc3coc(-c4ccccc4)n3)nc2c1. The summed E-state index contributed by atoms with van der Waals surface area (Å²) < 4.78 is 7.34. The van der Waals surface area contributed by atoms with Gasteiger partial charge in [0.15, 0.2) is 0 Å². The second kappa shape index (κ2) is 6.84. The van der Waals surface area contributed by atoms with E-state index in [4.69, 9.17) is 4.42 Å². The number of aromatic nitrogens is 3. The topological polar surface area (TPSA) is 72.4 Å². The first kappa shape index (κ1) is 16.1. The van der Waals surface area contributed by atoms with E-state index in [2.05, 4.69) is 15.3 Å². The lowest BCUT2D eigenvalue weighted by Gasteiger charge is -2.00. The van der Waals surface area contributed by atoms with E-state index in [0.29, 0.717) is 24.6 Å². The molecular formula is C20H18N4O2. The van der Waals surface area contributed by atoms with E-state index in [1.54, 1.807) is 12.5 Å². The summed E-state index contributed by atoms with van der Waals surface area (Å²) >= 11 is 0. The third-order valence-corrected chi connectivity index (χ3v) is 4.09. The highest BCUT2D eigenvalue weighted by atomic mass is 16.3. The summed E-state index contributed by atoms with van der Waals surface area (Å²) in [6, 6.07) is 13.6. The van der Waals surface area contributed by atoms with Crippen molar-refractivity contribution in [1.82, 2.24) is 19.7 Å². The first-order valence-electron chi connectivity index (χ1n) is 8.42. The number of rotatable bonds is 5. The summed E-state index contributed by atoms with van der Waals surface area (Å²) in [5.41, 5.74) is 4.01. The van der Waals surface area contributed by atoms with Crippen LogP contribution in [0.1, 0.15) is 21.7 Å². The van der Waals surface area contributed by atoms with Crippen molar-refractivity contribution in [2.75, 3.05) is 6.54 Å². The van der Waals surface area contributed by atoms with Gasteiger partial charge in [0.2, 0.25) is 5.89 Å². The van der Waals surface area contributed by atoms with Gasteiger partial charge in [0, 0.05) is 30.9 Å². The Morgan fingerprint density at radius 3 is 2.88 bits per heavy atom. The van der Waals surface area contributed by atoms with E-state index in [9.17, 15) is 4.79 Å². The van der Waals surface area contributed by atoms with Gasteiger partial charge in [-0.3, -0.25) is 4.79 Å². The number of benzene rings is 1. The van der Waals surface area contributed by atoms with Crippen molar-refractivity contribution in [3.63, 3.8) is 0 Å². The predicted molar refractivity (Wildman–Crippen MR) is 97.9 cm³/mol. The molecule has 0 radical (unpaired) electrons. The maximum Gasteiger partial charge on any atom is 0.271 e. The van der Waals surface area contributed by atoms with Gasteiger partial charge in [0.05, 0.1) is 5.69 Å². The third kappa shape index (κ3) is 3.35. The van der Waals surface area contributed by atoms with Gasteiger partial charge in [-0.05, 0) is 36.8 Å². The van der Waals surface area contributed by atoms with Crippen LogP contribution in [0.3, 0.4) is 0 Å². The molecule has 6 nitrogen and oxygen atoms in total. The maximum absolute atomic E-state index is 12.3. The van der Waals surface area contributed by atoms with Gasteiger partial charge in [-0.15, -0.1) is 0 Å². The molecule has 1 N–H and O–H groups in total. The summed E-state index contributed by atoms with van der Waals surface area (Å²) in [7, 11) is 0. The highest BCUT2D eigenvalue weighted by Crippen LogP contribution is 2.18. The molecule has 0 saturated carbocycles. The molecular weight excluding hydrogens is 328 g/mol. The van der Waals surface area contributed by atoms with Crippen molar-refractivity contribution in [3.8, 4) is 11.5 Å². The maximum atomic E-state index is 12.3. The summed E-state index contributed by atoms with van der Waals surface area (Å²) in [5.74, 6) is 0.390. The van der Waals surface area contributed by atoms with Crippen LogP contribution < -0.4 is 5.32 Å². The zero-order chi connectivity index (χ0) is 17.9. The second-order valence-corrected chi connectivity index (χ2v) is 6.11. The number of hydrogen-bond donors (Lipinski definition) is 1. The normalized spacial score (nSPS) is 11.0. The number of fused-ring (bicyclic) bond motifs is 1. The highest BCUT2D eigenvalue weighted by Gasteiger charge is 2.11. The number of carbonyl (C=O) groups excluding carboxylic acids is 1. The van der Waals surface area contributed by atoms with E-state index >= 15 is 0 Å². The van der Waals surface area contributed by atoms with Crippen LogP contribution in [0.15, 0.2) is 65.5 Å². The number of aryl methyl sites for hydroxylation is 1. The number of hydrogen-bond acceptors (Lipinski definition) is 4. The summed E-state index contributed by atoms with van der Waals surface area (Å²) in [5, 5.41) is 2.88. The van der Waals surface area contributed by atoms with Crippen LogP contribution in [0.4, 0.5) is 0 Å². The minimum absolute atomic E-state index is 0.196. The molecule has 1 amide bonds. The van der Waals surface area contributed by atoms with Crippen molar-refractivity contribution in [1.29, 1.82) is 0 Å². The Labute approximate surface area is 150 Å². The molecule has 0 aliphatic rings. The highest BCUT2D eigenvalue weighted by molar-refractivity contribution is 5.92. The Bertz CT molecular complexity index is 1050. The van der Waals surface area contributed by atoms with Crippen LogP contribution >= 0.6 is 0 Å². The summed E-state index contributed by atoms with van der Waals surface area (Å²) in [6.07, 6.45) is 5.85. The minimum atomic E-state index is -0.196. The average molecular weight is 346 g/mol. The van der Waals surface area contributed by atoms with Crippen molar-refractivity contribution < 1.29 is 9.21 Å². The van der Waals surface area contributed by atoms with Crippen molar-refractivity contribution in [3.05, 3.63) is 78.1 Å². The molecule has 0 bridgehead atoms. The van der Waals surface area contributed by atoms with Gasteiger partial charge >= 0.3 is 0 Å². The predicted octanol–water partition coefficient (Wildman–Crippen LogP) is 3.27. The van der Waals surface area contributed by atoms with Gasteiger partial charge in [-0.1, -0.05) is 18.2 Å². The van der Waals surface area contributed by atoms with Crippen LogP contribution in [0.25, 0.3) is 17.1 Å². The van der Waals surface area contributed by atoms with Crippen molar-refractivity contribution >= 4 is 11.6 Å². The molecule has 26 heavy (non-hydrogen) atoms. The molecule has 3 heterocycles. The quantitative estimate of drug-likeness (QED) is 0.602. The Hall–Kier alpha value is -3.41. The molecule has 4 rings (SSSR count). The largest absolute Gasteiger partial charge is 0.444 e. The van der Waals surface area contributed by atoms with Gasteiger partial charge in [0.1, 0.15) is 17.6 Å². The fraction of sp³-hybridized carbons (Fsp3) is 0.150. The molecule has 3 aromatic heterocycles. The summed E-state index contributed by atoms with van der Waals surface area (Å²) in [4.78, 5) is 21.1. The van der Waals surface area contributed by atoms with Gasteiger partial charge in [-0.2, -0.15) is 0 Å². The van der Waals surface area contributed by atoms with E-state index in [1.165, 1.54) is 0 Å². The molecule has 6 heteroatoms. The van der Waals surface area contributed by atoms with Gasteiger partial charge in [-0.25, -0.2) is 9.97 Å². The number of nitrogens with zero attached hydrogens (tertiary/aromatic N) is 3. The molecule has 1 aromatic carbocycles. The lowest BCUT2D eigenvalue weighted by Crippen LogP contribution is -2.26. The Kier molecular flexibility index (Phi) is 4.23. The zero-order valence-electron chi connectivity index (χ0n) is 14.3. The fourth-order valence-electron chi connectivity index (χ4n) is 2.72. The van der Waals surface area contributed by atoms with E-state index < -0.39 is 0 Å². The Morgan fingerprint density at radius 2 is 2.04 bits per heavy atom. The minimum Gasteiger partial charge on any atom is -0.444 e. The number of amides is 1. The smallest absolute Gasteiger partial charge is 0.271 e. The first-order chi connectivity index (χ1) is 12.7. The van der Waals surface area contributed by atoms with Gasteiger partial charge in [0.25, 0.3) is 5.91 Å². The monoisotopic (exact) mass is 346 g/mol. The van der Waals surface area contributed by atoms with E-state index in [-0.39, 0.29) is 5.91 Å². The molecule has 0 atom stereocenters.